The molecular weight excluding hydrogens is 238 g/mol. The van der Waals surface area contributed by atoms with E-state index in [0.717, 1.165) is 44.1 Å². The van der Waals surface area contributed by atoms with Gasteiger partial charge >= 0.3 is 0 Å². The predicted octanol–water partition coefficient (Wildman–Crippen LogP) is 2.96. The molecule has 0 spiro atoms. The third-order valence-corrected chi connectivity index (χ3v) is 2.71. The van der Waals surface area contributed by atoms with Crippen molar-refractivity contribution in [2.45, 2.75) is 52.7 Å². The minimum atomic E-state index is 0.0935. The molecule has 1 N–H and O–H groups in total. The Bertz CT molecular complexity index is 379. The van der Waals surface area contributed by atoms with E-state index in [1.165, 1.54) is 0 Å². The normalized spacial score (nSPS) is 12.1. The Hall–Kier alpha value is -1.13. The van der Waals surface area contributed by atoms with Gasteiger partial charge in [0.1, 0.15) is 0 Å². The third kappa shape index (κ3) is 6.55. The molecule has 0 radical (unpaired) electrons. The van der Waals surface area contributed by atoms with Crippen molar-refractivity contribution in [1.29, 1.82) is 0 Å². The van der Waals surface area contributed by atoms with E-state index in [1.807, 2.05) is 12.1 Å². The molecule has 0 aliphatic carbocycles. The molecule has 0 unspecified atom stereocenters. The smallest absolute Gasteiger partial charge is 0.151 e. The fourth-order valence-electron chi connectivity index (χ4n) is 1.82. The molecule has 0 amide bonds. The molecule has 0 saturated carbocycles. The van der Waals surface area contributed by atoms with E-state index in [2.05, 4.69) is 49.6 Å². The van der Waals surface area contributed by atoms with Gasteiger partial charge in [0.05, 0.1) is 12.2 Å². The summed E-state index contributed by atoms with van der Waals surface area (Å²) in [6.45, 7) is 15.8. The minimum Gasteiger partial charge on any atom is -0.360 e. The molecule has 4 heteroatoms. The number of nitrogens with zero attached hydrogens (tertiary/aromatic N) is 2. The van der Waals surface area contributed by atoms with Crippen molar-refractivity contribution in [1.82, 2.24) is 15.4 Å². The molecule has 0 aliphatic heterocycles. The van der Waals surface area contributed by atoms with E-state index < -0.39 is 0 Å². The van der Waals surface area contributed by atoms with E-state index in [-0.39, 0.29) is 5.54 Å². The molecule has 19 heavy (non-hydrogen) atoms. The molecule has 0 saturated heterocycles. The molecule has 0 fully saturated rings. The lowest BCUT2D eigenvalue weighted by molar-refractivity contribution is 0.250. The van der Waals surface area contributed by atoms with E-state index in [9.17, 15) is 0 Å². The first-order valence-electron chi connectivity index (χ1n) is 6.97. The van der Waals surface area contributed by atoms with Gasteiger partial charge in [0.25, 0.3) is 0 Å². The van der Waals surface area contributed by atoms with E-state index >= 15 is 0 Å². The van der Waals surface area contributed by atoms with Gasteiger partial charge in [-0.15, -0.1) is 6.58 Å². The highest BCUT2D eigenvalue weighted by Gasteiger charge is 2.12. The third-order valence-electron chi connectivity index (χ3n) is 2.71. The van der Waals surface area contributed by atoms with Crippen molar-refractivity contribution < 1.29 is 4.52 Å². The Morgan fingerprint density at radius 3 is 2.79 bits per heavy atom. The summed E-state index contributed by atoms with van der Waals surface area (Å²) in [5.74, 6) is 0.918. The summed E-state index contributed by atoms with van der Waals surface area (Å²) < 4.78 is 5.39. The SMILES string of the molecule is C=CCN(CCC)Cc1cc(CNC(C)(C)C)no1. The average Bonchev–Trinajstić information content (AvgIpc) is 2.74. The van der Waals surface area contributed by atoms with Gasteiger partial charge in [0.15, 0.2) is 5.76 Å². The van der Waals surface area contributed by atoms with Crippen molar-refractivity contribution in [3.05, 3.63) is 30.2 Å². The largest absolute Gasteiger partial charge is 0.360 e. The summed E-state index contributed by atoms with van der Waals surface area (Å²) in [6.07, 6.45) is 3.05. The van der Waals surface area contributed by atoms with Crippen LogP contribution in [0.1, 0.15) is 45.6 Å². The molecule has 1 aromatic rings. The number of rotatable bonds is 8. The second-order valence-corrected chi connectivity index (χ2v) is 5.91. The Labute approximate surface area is 116 Å². The summed E-state index contributed by atoms with van der Waals surface area (Å²) in [7, 11) is 0. The maximum Gasteiger partial charge on any atom is 0.151 e. The molecule has 1 aromatic heterocycles. The molecular formula is C15H27N3O. The van der Waals surface area contributed by atoms with Gasteiger partial charge in [-0.1, -0.05) is 18.2 Å². The molecule has 1 rings (SSSR count). The molecule has 0 aromatic carbocycles. The van der Waals surface area contributed by atoms with Gasteiger partial charge in [-0.2, -0.15) is 0 Å². The second-order valence-electron chi connectivity index (χ2n) is 5.91. The number of nitrogens with one attached hydrogen (secondary N) is 1. The summed E-state index contributed by atoms with van der Waals surface area (Å²) in [4.78, 5) is 2.30. The second kappa shape index (κ2) is 7.46. The molecule has 108 valence electrons. The lowest BCUT2D eigenvalue weighted by Gasteiger charge is -2.19. The first-order valence-corrected chi connectivity index (χ1v) is 6.97. The number of aromatic nitrogens is 1. The van der Waals surface area contributed by atoms with Crippen LogP contribution in [0.15, 0.2) is 23.2 Å². The van der Waals surface area contributed by atoms with Crippen LogP contribution in [-0.4, -0.2) is 28.7 Å². The van der Waals surface area contributed by atoms with Crippen LogP contribution < -0.4 is 5.32 Å². The van der Waals surface area contributed by atoms with Gasteiger partial charge in [-0.05, 0) is 33.7 Å². The van der Waals surface area contributed by atoms with Crippen molar-refractivity contribution >= 4 is 0 Å². The molecule has 1 heterocycles. The lowest BCUT2D eigenvalue weighted by atomic mass is 10.1. The molecule has 0 bridgehead atoms. The van der Waals surface area contributed by atoms with E-state index in [0.29, 0.717) is 0 Å². The van der Waals surface area contributed by atoms with Gasteiger partial charge in [-0.25, -0.2) is 0 Å². The molecule has 4 nitrogen and oxygen atoms in total. The van der Waals surface area contributed by atoms with E-state index in [4.69, 9.17) is 4.52 Å². The van der Waals surface area contributed by atoms with Gasteiger partial charge in [-0.3, -0.25) is 4.90 Å². The fourth-order valence-corrected chi connectivity index (χ4v) is 1.82. The Morgan fingerprint density at radius 2 is 2.21 bits per heavy atom. The molecule has 0 atom stereocenters. The summed E-state index contributed by atoms with van der Waals surface area (Å²) in [5.41, 5.74) is 1.05. The summed E-state index contributed by atoms with van der Waals surface area (Å²) in [6, 6.07) is 2.03. The fraction of sp³-hybridized carbons (Fsp3) is 0.667. The Balaban J connectivity index is 2.51. The highest BCUT2D eigenvalue weighted by atomic mass is 16.5. The first kappa shape index (κ1) is 15.9. The highest BCUT2D eigenvalue weighted by Crippen LogP contribution is 2.09. The average molecular weight is 265 g/mol. The molecule has 0 aliphatic rings. The summed E-state index contributed by atoms with van der Waals surface area (Å²) >= 11 is 0. The van der Waals surface area contributed by atoms with Crippen molar-refractivity contribution in [2.75, 3.05) is 13.1 Å². The minimum absolute atomic E-state index is 0.0935. The topological polar surface area (TPSA) is 41.3 Å². The number of hydrogen-bond donors (Lipinski definition) is 1. The van der Waals surface area contributed by atoms with Crippen LogP contribution in [0.5, 0.6) is 0 Å². The zero-order valence-electron chi connectivity index (χ0n) is 12.7. The highest BCUT2D eigenvalue weighted by molar-refractivity contribution is 5.05. The van der Waals surface area contributed by atoms with Crippen LogP contribution in [-0.2, 0) is 13.1 Å². The number of hydrogen-bond acceptors (Lipinski definition) is 4. The first-order chi connectivity index (χ1) is 8.94. The monoisotopic (exact) mass is 265 g/mol. The lowest BCUT2D eigenvalue weighted by Crippen LogP contribution is -2.35. The standard InChI is InChI=1S/C15H27N3O/c1-6-8-18(9-7-2)12-14-10-13(17-19-14)11-16-15(3,4)5/h6,10,16H,1,7-9,11-12H2,2-5H3. The van der Waals surface area contributed by atoms with Crippen LogP contribution in [0.4, 0.5) is 0 Å². The van der Waals surface area contributed by atoms with E-state index in [1.54, 1.807) is 0 Å². The van der Waals surface area contributed by atoms with Gasteiger partial charge in [0.2, 0.25) is 0 Å². The predicted molar refractivity (Wildman–Crippen MR) is 78.9 cm³/mol. The zero-order chi connectivity index (χ0) is 14.3. The Morgan fingerprint density at radius 1 is 1.47 bits per heavy atom. The van der Waals surface area contributed by atoms with Crippen LogP contribution in [0.3, 0.4) is 0 Å². The van der Waals surface area contributed by atoms with Gasteiger partial charge in [0, 0.05) is 24.7 Å². The van der Waals surface area contributed by atoms with Crippen LogP contribution in [0.2, 0.25) is 0 Å². The van der Waals surface area contributed by atoms with Crippen molar-refractivity contribution in [3.8, 4) is 0 Å². The zero-order valence-corrected chi connectivity index (χ0v) is 12.7. The van der Waals surface area contributed by atoms with Crippen LogP contribution in [0, 0.1) is 0 Å². The van der Waals surface area contributed by atoms with Crippen molar-refractivity contribution in [3.63, 3.8) is 0 Å². The summed E-state index contributed by atoms with van der Waals surface area (Å²) in [5, 5.41) is 7.51. The van der Waals surface area contributed by atoms with Gasteiger partial charge < -0.3 is 9.84 Å². The quantitative estimate of drug-likeness (QED) is 0.734. The maximum atomic E-state index is 5.39. The van der Waals surface area contributed by atoms with Crippen LogP contribution in [0.25, 0.3) is 0 Å². The van der Waals surface area contributed by atoms with Crippen LogP contribution >= 0.6 is 0 Å². The Kier molecular flexibility index (Phi) is 6.25. The van der Waals surface area contributed by atoms with Crippen molar-refractivity contribution in [2.24, 2.45) is 0 Å². The maximum absolute atomic E-state index is 5.39.